The summed E-state index contributed by atoms with van der Waals surface area (Å²) in [6.07, 6.45) is 0.701. The van der Waals surface area contributed by atoms with E-state index in [0.29, 0.717) is 13.0 Å². The van der Waals surface area contributed by atoms with Gasteiger partial charge in [-0.05, 0) is 24.6 Å². The minimum Gasteiger partial charge on any atom is -0.478 e. The van der Waals surface area contributed by atoms with Crippen molar-refractivity contribution in [3.63, 3.8) is 0 Å². The summed E-state index contributed by atoms with van der Waals surface area (Å²) in [5.74, 6) is -3.07. The first-order chi connectivity index (χ1) is 8.47. The molecule has 0 aliphatic carbocycles. The fraction of sp³-hybridized carbons (Fsp3) is 0.250. The lowest BCUT2D eigenvalue weighted by atomic mass is 10.0. The second-order valence-electron chi connectivity index (χ2n) is 3.63. The molecule has 0 saturated heterocycles. The SMILES string of the molecule is CCCNC(=O)c1cc(C(=O)O)ccc1C(=O)O. The number of nitrogens with one attached hydrogen (secondary N) is 1. The van der Waals surface area contributed by atoms with Crippen molar-refractivity contribution in [2.45, 2.75) is 13.3 Å². The highest BCUT2D eigenvalue weighted by Gasteiger charge is 2.18. The number of hydrogen-bond donors (Lipinski definition) is 3. The molecule has 6 heteroatoms. The van der Waals surface area contributed by atoms with Crippen molar-refractivity contribution >= 4 is 17.8 Å². The van der Waals surface area contributed by atoms with Crippen LogP contribution in [0.1, 0.15) is 44.4 Å². The predicted molar refractivity (Wildman–Crippen MR) is 63.0 cm³/mol. The van der Waals surface area contributed by atoms with Gasteiger partial charge in [0, 0.05) is 6.54 Å². The molecule has 1 rings (SSSR count). The molecule has 0 heterocycles. The lowest BCUT2D eigenvalue weighted by Crippen LogP contribution is -2.26. The Bertz CT molecular complexity index is 495. The molecule has 0 aromatic heterocycles. The largest absolute Gasteiger partial charge is 0.478 e. The van der Waals surface area contributed by atoms with Crippen molar-refractivity contribution in [2.24, 2.45) is 0 Å². The molecule has 6 nitrogen and oxygen atoms in total. The van der Waals surface area contributed by atoms with E-state index in [-0.39, 0.29) is 16.7 Å². The summed E-state index contributed by atoms with van der Waals surface area (Å²) >= 11 is 0. The second-order valence-corrected chi connectivity index (χ2v) is 3.63. The molecule has 0 saturated carbocycles. The molecule has 0 spiro atoms. The van der Waals surface area contributed by atoms with Gasteiger partial charge in [0.15, 0.2) is 0 Å². The van der Waals surface area contributed by atoms with E-state index >= 15 is 0 Å². The smallest absolute Gasteiger partial charge is 0.336 e. The Morgan fingerprint density at radius 1 is 1.11 bits per heavy atom. The summed E-state index contributed by atoms with van der Waals surface area (Å²) in [4.78, 5) is 33.5. The first kappa shape index (κ1) is 13.7. The third-order valence-corrected chi connectivity index (χ3v) is 2.28. The Kier molecular flexibility index (Phi) is 4.42. The van der Waals surface area contributed by atoms with Crippen molar-refractivity contribution in [1.82, 2.24) is 5.32 Å². The highest BCUT2D eigenvalue weighted by atomic mass is 16.4. The predicted octanol–water partition coefficient (Wildman–Crippen LogP) is 1.22. The summed E-state index contributed by atoms with van der Waals surface area (Å²) in [7, 11) is 0. The third kappa shape index (κ3) is 3.07. The lowest BCUT2D eigenvalue weighted by Gasteiger charge is -2.07. The summed E-state index contributed by atoms with van der Waals surface area (Å²) in [6, 6.07) is 3.34. The maximum absolute atomic E-state index is 11.7. The number of benzene rings is 1. The van der Waals surface area contributed by atoms with Gasteiger partial charge < -0.3 is 15.5 Å². The quantitative estimate of drug-likeness (QED) is 0.730. The van der Waals surface area contributed by atoms with Gasteiger partial charge in [-0.1, -0.05) is 6.92 Å². The van der Waals surface area contributed by atoms with Crippen LogP contribution in [0.2, 0.25) is 0 Å². The fourth-order valence-electron chi connectivity index (χ4n) is 1.39. The van der Waals surface area contributed by atoms with E-state index in [9.17, 15) is 14.4 Å². The Morgan fingerprint density at radius 2 is 1.78 bits per heavy atom. The fourth-order valence-corrected chi connectivity index (χ4v) is 1.39. The first-order valence-corrected chi connectivity index (χ1v) is 5.36. The van der Waals surface area contributed by atoms with Gasteiger partial charge >= 0.3 is 11.9 Å². The average molecular weight is 251 g/mol. The van der Waals surface area contributed by atoms with Crippen molar-refractivity contribution in [3.8, 4) is 0 Å². The van der Waals surface area contributed by atoms with E-state index < -0.39 is 17.8 Å². The molecule has 0 atom stereocenters. The van der Waals surface area contributed by atoms with Gasteiger partial charge in [0.25, 0.3) is 5.91 Å². The Balaban J connectivity index is 3.19. The molecule has 1 aromatic carbocycles. The third-order valence-electron chi connectivity index (χ3n) is 2.28. The molecule has 3 N–H and O–H groups in total. The molecule has 0 aliphatic heterocycles. The van der Waals surface area contributed by atoms with E-state index in [1.807, 2.05) is 6.92 Å². The van der Waals surface area contributed by atoms with Gasteiger partial charge in [0.2, 0.25) is 0 Å². The van der Waals surface area contributed by atoms with Crippen LogP contribution in [-0.2, 0) is 0 Å². The van der Waals surface area contributed by atoms with Crippen LogP contribution in [0, 0.1) is 0 Å². The molecule has 0 bridgehead atoms. The molecule has 0 radical (unpaired) electrons. The van der Waals surface area contributed by atoms with Crippen LogP contribution in [-0.4, -0.2) is 34.6 Å². The monoisotopic (exact) mass is 251 g/mol. The maximum atomic E-state index is 11.7. The number of aromatic carboxylic acids is 2. The minimum atomic E-state index is -1.27. The molecular weight excluding hydrogens is 238 g/mol. The molecule has 1 amide bonds. The van der Waals surface area contributed by atoms with Gasteiger partial charge in [0.1, 0.15) is 0 Å². The zero-order valence-electron chi connectivity index (χ0n) is 9.77. The first-order valence-electron chi connectivity index (χ1n) is 5.36. The van der Waals surface area contributed by atoms with Crippen molar-refractivity contribution < 1.29 is 24.6 Å². The zero-order valence-corrected chi connectivity index (χ0v) is 9.77. The van der Waals surface area contributed by atoms with Crippen LogP contribution in [0.3, 0.4) is 0 Å². The minimum absolute atomic E-state index is 0.123. The molecule has 1 aromatic rings. The van der Waals surface area contributed by atoms with E-state index in [1.165, 1.54) is 0 Å². The van der Waals surface area contributed by atoms with Crippen LogP contribution >= 0.6 is 0 Å². The maximum Gasteiger partial charge on any atom is 0.336 e. The van der Waals surface area contributed by atoms with Crippen LogP contribution in [0.4, 0.5) is 0 Å². The van der Waals surface area contributed by atoms with Gasteiger partial charge in [-0.3, -0.25) is 4.79 Å². The summed E-state index contributed by atoms with van der Waals surface area (Å²) < 4.78 is 0. The Hall–Kier alpha value is -2.37. The molecule has 0 fully saturated rings. The number of amides is 1. The van der Waals surface area contributed by atoms with Gasteiger partial charge in [-0.25, -0.2) is 9.59 Å². The van der Waals surface area contributed by atoms with Crippen LogP contribution in [0.5, 0.6) is 0 Å². The van der Waals surface area contributed by atoms with Gasteiger partial charge in [-0.2, -0.15) is 0 Å². The summed E-state index contributed by atoms with van der Waals surface area (Å²) in [5.41, 5.74) is -0.480. The van der Waals surface area contributed by atoms with E-state index in [1.54, 1.807) is 0 Å². The Labute approximate surface area is 103 Å². The zero-order chi connectivity index (χ0) is 13.7. The number of rotatable bonds is 5. The topological polar surface area (TPSA) is 104 Å². The number of carbonyl (C=O) groups is 3. The molecule has 96 valence electrons. The highest BCUT2D eigenvalue weighted by molar-refractivity contribution is 6.06. The second kappa shape index (κ2) is 5.81. The lowest BCUT2D eigenvalue weighted by molar-refractivity contribution is 0.0678. The van der Waals surface area contributed by atoms with Gasteiger partial charge in [0.05, 0.1) is 16.7 Å². The molecule has 0 aliphatic rings. The molecule has 18 heavy (non-hydrogen) atoms. The van der Waals surface area contributed by atoms with Crippen LogP contribution in [0.25, 0.3) is 0 Å². The highest BCUT2D eigenvalue weighted by Crippen LogP contribution is 2.13. The van der Waals surface area contributed by atoms with Crippen LogP contribution < -0.4 is 5.32 Å². The van der Waals surface area contributed by atoms with Crippen molar-refractivity contribution in [3.05, 3.63) is 34.9 Å². The standard InChI is InChI=1S/C12H13NO5/c1-2-5-13-10(14)9-6-7(11(15)16)3-4-8(9)12(17)18/h3-4,6H,2,5H2,1H3,(H,13,14)(H,15,16)(H,17,18). The number of carboxylic acid groups (broad SMARTS) is 2. The molecular formula is C12H13NO5. The van der Waals surface area contributed by atoms with Crippen molar-refractivity contribution in [2.75, 3.05) is 6.54 Å². The van der Waals surface area contributed by atoms with E-state index in [4.69, 9.17) is 10.2 Å². The Morgan fingerprint density at radius 3 is 2.28 bits per heavy atom. The average Bonchev–Trinajstić information content (AvgIpc) is 2.34. The van der Waals surface area contributed by atoms with Crippen LogP contribution in [0.15, 0.2) is 18.2 Å². The van der Waals surface area contributed by atoms with E-state index in [2.05, 4.69) is 5.32 Å². The molecule has 0 unspecified atom stereocenters. The number of carbonyl (C=O) groups excluding carboxylic acids is 1. The normalized spacial score (nSPS) is 9.83. The summed E-state index contributed by atoms with van der Waals surface area (Å²) in [6.45, 7) is 2.25. The van der Waals surface area contributed by atoms with E-state index in [0.717, 1.165) is 18.2 Å². The number of carboxylic acids is 2. The van der Waals surface area contributed by atoms with Crippen molar-refractivity contribution in [1.29, 1.82) is 0 Å². The van der Waals surface area contributed by atoms with Gasteiger partial charge in [-0.15, -0.1) is 0 Å². The number of hydrogen-bond acceptors (Lipinski definition) is 3. The summed E-state index contributed by atoms with van der Waals surface area (Å²) in [5, 5.41) is 20.3.